The topological polar surface area (TPSA) is 38.3 Å². The molecule has 0 radical (unpaired) electrons. The van der Waals surface area contributed by atoms with E-state index in [1.165, 1.54) is 0 Å². The van der Waals surface area contributed by atoms with Gasteiger partial charge in [0.1, 0.15) is 17.4 Å². The van der Waals surface area contributed by atoms with Crippen LogP contribution in [0.1, 0.15) is 36.5 Å². The number of unbranched alkanes of at least 4 members (excludes halogenated alkanes) is 2. The SMILES string of the molecule is CCCCCOc1ccc(C(=O)Nc2cc(F)ccc2F)cc1. The number of nitrogens with one attached hydrogen (secondary N) is 1. The lowest BCUT2D eigenvalue weighted by atomic mass is 10.2. The Kier molecular flexibility index (Phi) is 6.09. The minimum atomic E-state index is -0.685. The number of carbonyl (C=O) groups excluding carboxylic acids is 1. The van der Waals surface area contributed by atoms with Gasteiger partial charge in [-0.3, -0.25) is 4.79 Å². The van der Waals surface area contributed by atoms with Gasteiger partial charge in [0.05, 0.1) is 12.3 Å². The van der Waals surface area contributed by atoms with Gasteiger partial charge >= 0.3 is 0 Å². The summed E-state index contributed by atoms with van der Waals surface area (Å²) >= 11 is 0. The number of hydrogen-bond donors (Lipinski definition) is 1. The average Bonchev–Trinajstić information content (AvgIpc) is 2.55. The summed E-state index contributed by atoms with van der Waals surface area (Å²) in [7, 11) is 0. The van der Waals surface area contributed by atoms with E-state index < -0.39 is 17.5 Å². The van der Waals surface area contributed by atoms with E-state index in [-0.39, 0.29) is 5.69 Å². The number of halogens is 2. The molecule has 1 N–H and O–H groups in total. The molecule has 23 heavy (non-hydrogen) atoms. The lowest BCUT2D eigenvalue weighted by molar-refractivity contribution is 0.102. The Morgan fingerprint density at radius 3 is 2.52 bits per heavy atom. The number of benzene rings is 2. The van der Waals surface area contributed by atoms with Crippen LogP contribution in [0.5, 0.6) is 5.75 Å². The molecule has 0 saturated carbocycles. The third kappa shape index (κ3) is 5.06. The normalized spacial score (nSPS) is 10.4. The molecule has 0 fully saturated rings. The molecule has 2 aromatic rings. The van der Waals surface area contributed by atoms with E-state index in [0.717, 1.165) is 37.5 Å². The summed E-state index contributed by atoms with van der Waals surface area (Å²) in [5.74, 6) is -1.13. The molecule has 0 aliphatic heterocycles. The minimum absolute atomic E-state index is 0.185. The number of carbonyl (C=O) groups is 1. The molecule has 0 aliphatic rings. The van der Waals surface area contributed by atoms with Crippen LogP contribution in [0.25, 0.3) is 0 Å². The molecular weight excluding hydrogens is 300 g/mol. The average molecular weight is 319 g/mol. The molecule has 3 nitrogen and oxygen atoms in total. The molecule has 0 heterocycles. The Morgan fingerprint density at radius 1 is 1.09 bits per heavy atom. The molecule has 5 heteroatoms. The highest BCUT2D eigenvalue weighted by Crippen LogP contribution is 2.18. The van der Waals surface area contributed by atoms with Crippen molar-refractivity contribution < 1.29 is 18.3 Å². The smallest absolute Gasteiger partial charge is 0.255 e. The van der Waals surface area contributed by atoms with Gasteiger partial charge in [0.15, 0.2) is 0 Å². The molecule has 0 aliphatic carbocycles. The van der Waals surface area contributed by atoms with E-state index in [9.17, 15) is 13.6 Å². The van der Waals surface area contributed by atoms with E-state index >= 15 is 0 Å². The lowest BCUT2D eigenvalue weighted by Crippen LogP contribution is -2.13. The summed E-state index contributed by atoms with van der Waals surface area (Å²) in [5, 5.41) is 2.35. The highest BCUT2D eigenvalue weighted by atomic mass is 19.1. The molecule has 2 rings (SSSR count). The molecule has 0 atom stereocenters. The van der Waals surface area contributed by atoms with Crippen LogP contribution in [0.4, 0.5) is 14.5 Å². The zero-order valence-electron chi connectivity index (χ0n) is 12.9. The van der Waals surface area contributed by atoms with Gasteiger partial charge in [-0.2, -0.15) is 0 Å². The van der Waals surface area contributed by atoms with Crippen LogP contribution in [0.2, 0.25) is 0 Å². The number of hydrogen-bond acceptors (Lipinski definition) is 2. The maximum Gasteiger partial charge on any atom is 0.255 e. The van der Waals surface area contributed by atoms with E-state index in [4.69, 9.17) is 4.74 Å². The van der Waals surface area contributed by atoms with E-state index in [2.05, 4.69) is 12.2 Å². The van der Waals surface area contributed by atoms with Crippen LogP contribution >= 0.6 is 0 Å². The van der Waals surface area contributed by atoms with E-state index in [0.29, 0.717) is 17.9 Å². The molecule has 2 aromatic carbocycles. The van der Waals surface area contributed by atoms with Crippen molar-refractivity contribution in [2.24, 2.45) is 0 Å². The Labute approximate surface area is 134 Å². The Bertz CT molecular complexity index is 657. The minimum Gasteiger partial charge on any atom is -0.494 e. The molecule has 0 saturated heterocycles. The molecule has 0 spiro atoms. The van der Waals surface area contributed by atoms with Crippen molar-refractivity contribution in [2.75, 3.05) is 11.9 Å². The van der Waals surface area contributed by atoms with Crippen LogP contribution in [0.15, 0.2) is 42.5 Å². The highest BCUT2D eigenvalue weighted by Gasteiger charge is 2.10. The molecule has 0 bridgehead atoms. The number of ether oxygens (including phenoxy) is 1. The van der Waals surface area contributed by atoms with Crippen molar-refractivity contribution in [1.29, 1.82) is 0 Å². The van der Waals surface area contributed by atoms with Crippen LogP contribution < -0.4 is 10.1 Å². The van der Waals surface area contributed by atoms with Crippen molar-refractivity contribution in [3.8, 4) is 5.75 Å². The summed E-state index contributed by atoms with van der Waals surface area (Å²) < 4.78 is 32.2. The summed E-state index contributed by atoms with van der Waals surface area (Å²) in [4.78, 5) is 12.0. The van der Waals surface area contributed by atoms with Crippen LogP contribution in [-0.4, -0.2) is 12.5 Å². The Balaban J connectivity index is 1.96. The Hall–Kier alpha value is -2.43. The molecule has 0 aromatic heterocycles. The lowest BCUT2D eigenvalue weighted by Gasteiger charge is -2.08. The predicted octanol–water partition coefficient (Wildman–Crippen LogP) is 4.79. The highest BCUT2D eigenvalue weighted by molar-refractivity contribution is 6.04. The monoisotopic (exact) mass is 319 g/mol. The molecule has 0 unspecified atom stereocenters. The van der Waals surface area contributed by atoms with Crippen LogP contribution in [0, 0.1) is 11.6 Å². The fourth-order valence-electron chi connectivity index (χ4n) is 2.03. The standard InChI is InChI=1S/C18H19F2NO2/c1-2-3-4-11-23-15-8-5-13(6-9-15)18(22)21-17-12-14(19)7-10-16(17)20/h5-10,12H,2-4,11H2,1H3,(H,21,22). The van der Waals surface area contributed by atoms with Gasteiger partial charge in [0, 0.05) is 11.6 Å². The summed E-state index contributed by atoms with van der Waals surface area (Å²) in [5.41, 5.74) is 0.157. The van der Waals surface area contributed by atoms with Crippen molar-refractivity contribution in [2.45, 2.75) is 26.2 Å². The number of amides is 1. The van der Waals surface area contributed by atoms with Crippen molar-refractivity contribution in [1.82, 2.24) is 0 Å². The number of anilines is 1. The van der Waals surface area contributed by atoms with Gasteiger partial charge in [0.25, 0.3) is 5.91 Å². The third-order valence-corrected chi connectivity index (χ3v) is 3.31. The van der Waals surface area contributed by atoms with Gasteiger partial charge in [-0.25, -0.2) is 8.78 Å². The first kappa shape index (κ1) is 16.9. The second-order valence-corrected chi connectivity index (χ2v) is 5.16. The van der Waals surface area contributed by atoms with Gasteiger partial charge in [-0.1, -0.05) is 19.8 Å². The fourth-order valence-corrected chi connectivity index (χ4v) is 2.03. The van der Waals surface area contributed by atoms with Crippen molar-refractivity contribution >= 4 is 11.6 Å². The van der Waals surface area contributed by atoms with Crippen molar-refractivity contribution in [3.05, 3.63) is 59.7 Å². The van der Waals surface area contributed by atoms with Crippen LogP contribution in [0.3, 0.4) is 0 Å². The molecule has 1 amide bonds. The van der Waals surface area contributed by atoms with E-state index in [1.807, 2.05) is 0 Å². The predicted molar refractivity (Wildman–Crippen MR) is 85.8 cm³/mol. The maximum atomic E-state index is 13.5. The molecular formula is C18H19F2NO2. The summed E-state index contributed by atoms with van der Waals surface area (Å²) in [6.45, 7) is 2.75. The van der Waals surface area contributed by atoms with Crippen LogP contribution in [-0.2, 0) is 0 Å². The van der Waals surface area contributed by atoms with E-state index in [1.54, 1.807) is 24.3 Å². The first-order valence-electron chi connectivity index (χ1n) is 7.59. The molecule has 122 valence electrons. The second-order valence-electron chi connectivity index (χ2n) is 5.16. The quantitative estimate of drug-likeness (QED) is 0.745. The van der Waals surface area contributed by atoms with Gasteiger partial charge in [0.2, 0.25) is 0 Å². The number of rotatable bonds is 7. The zero-order valence-corrected chi connectivity index (χ0v) is 12.9. The summed E-state index contributed by atoms with van der Waals surface area (Å²) in [6, 6.07) is 9.45. The zero-order chi connectivity index (χ0) is 16.7. The fraction of sp³-hybridized carbons (Fsp3) is 0.278. The van der Waals surface area contributed by atoms with Gasteiger partial charge < -0.3 is 10.1 Å². The van der Waals surface area contributed by atoms with Gasteiger partial charge in [-0.05, 0) is 42.8 Å². The first-order chi connectivity index (χ1) is 11.1. The first-order valence-corrected chi connectivity index (χ1v) is 7.59. The third-order valence-electron chi connectivity index (χ3n) is 3.31. The second kappa shape index (κ2) is 8.27. The maximum absolute atomic E-state index is 13.5. The van der Waals surface area contributed by atoms with Gasteiger partial charge in [-0.15, -0.1) is 0 Å². The Morgan fingerprint density at radius 2 is 1.83 bits per heavy atom. The summed E-state index contributed by atoms with van der Waals surface area (Å²) in [6.07, 6.45) is 3.22. The largest absolute Gasteiger partial charge is 0.494 e. The van der Waals surface area contributed by atoms with Crippen molar-refractivity contribution in [3.63, 3.8) is 0 Å².